The van der Waals surface area contributed by atoms with Crippen molar-refractivity contribution in [2.45, 2.75) is 57.5 Å². The van der Waals surface area contributed by atoms with Gasteiger partial charge in [0.05, 0.1) is 5.92 Å². The Hall–Kier alpha value is -0.940. The zero-order chi connectivity index (χ0) is 13.9. The first kappa shape index (κ1) is 14.5. The van der Waals surface area contributed by atoms with Crippen LogP contribution in [0.4, 0.5) is 0 Å². The number of aromatic nitrogens is 2. The molecule has 1 unspecified atom stereocenters. The van der Waals surface area contributed by atoms with E-state index >= 15 is 0 Å². The fourth-order valence-electron chi connectivity index (χ4n) is 2.92. The molecule has 1 saturated carbocycles. The molecule has 5 heteroatoms. The highest BCUT2D eigenvalue weighted by atomic mass is 16.5. The predicted octanol–water partition coefficient (Wildman–Crippen LogP) is 2.57. The van der Waals surface area contributed by atoms with Gasteiger partial charge in [-0.05, 0) is 38.0 Å². The van der Waals surface area contributed by atoms with E-state index in [1.54, 1.807) is 7.11 Å². The standard InChI is InChI=1S/C14H25N3O2/c1-10(2)8-11(9-15)12-16-13(17-19-12)14(18-3)6-4-5-7-14/h10-11H,4-9,15H2,1-3H3. The highest BCUT2D eigenvalue weighted by molar-refractivity contribution is 5.06. The summed E-state index contributed by atoms with van der Waals surface area (Å²) in [6.07, 6.45) is 5.23. The lowest BCUT2D eigenvalue weighted by Crippen LogP contribution is -2.26. The van der Waals surface area contributed by atoms with Gasteiger partial charge in [0.2, 0.25) is 11.7 Å². The van der Waals surface area contributed by atoms with Crippen molar-refractivity contribution >= 4 is 0 Å². The van der Waals surface area contributed by atoms with Gasteiger partial charge in [-0.1, -0.05) is 19.0 Å². The smallest absolute Gasteiger partial charge is 0.231 e. The lowest BCUT2D eigenvalue weighted by Gasteiger charge is -2.22. The number of nitrogens with zero attached hydrogens (tertiary/aromatic N) is 2. The highest BCUT2D eigenvalue weighted by Crippen LogP contribution is 2.40. The maximum absolute atomic E-state index is 5.82. The van der Waals surface area contributed by atoms with Gasteiger partial charge in [-0.3, -0.25) is 0 Å². The van der Waals surface area contributed by atoms with Gasteiger partial charge in [0.1, 0.15) is 5.60 Å². The Kier molecular flexibility index (Phi) is 4.58. The van der Waals surface area contributed by atoms with Crippen molar-refractivity contribution in [3.8, 4) is 0 Å². The van der Waals surface area contributed by atoms with Crippen LogP contribution in [-0.4, -0.2) is 23.8 Å². The third kappa shape index (κ3) is 2.98. The Balaban J connectivity index is 2.17. The predicted molar refractivity (Wildman–Crippen MR) is 72.7 cm³/mol. The van der Waals surface area contributed by atoms with E-state index in [2.05, 4.69) is 24.0 Å². The van der Waals surface area contributed by atoms with Crippen LogP contribution in [0, 0.1) is 5.92 Å². The van der Waals surface area contributed by atoms with E-state index in [0.29, 0.717) is 24.2 Å². The lowest BCUT2D eigenvalue weighted by atomic mass is 9.97. The molecule has 0 bridgehead atoms. The molecule has 5 nitrogen and oxygen atoms in total. The van der Waals surface area contributed by atoms with Gasteiger partial charge in [-0.2, -0.15) is 4.98 Å². The summed E-state index contributed by atoms with van der Waals surface area (Å²) >= 11 is 0. The maximum atomic E-state index is 5.82. The molecule has 0 aromatic carbocycles. The van der Waals surface area contributed by atoms with E-state index in [1.807, 2.05) is 0 Å². The summed E-state index contributed by atoms with van der Waals surface area (Å²) in [5.74, 6) is 2.07. The molecule has 1 aromatic heterocycles. The summed E-state index contributed by atoms with van der Waals surface area (Å²) in [6.45, 7) is 4.89. The average molecular weight is 267 g/mol. The first-order valence-corrected chi connectivity index (χ1v) is 7.20. The molecule has 1 fully saturated rings. The van der Waals surface area contributed by atoms with E-state index in [0.717, 1.165) is 32.1 Å². The first-order chi connectivity index (χ1) is 9.11. The van der Waals surface area contributed by atoms with Crippen LogP contribution in [0.5, 0.6) is 0 Å². The van der Waals surface area contributed by atoms with Crippen molar-refractivity contribution in [1.29, 1.82) is 0 Å². The fourth-order valence-corrected chi connectivity index (χ4v) is 2.92. The van der Waals surface area contributed by atoms with Crippen LogP contribution in [0.1, 0.15) is 63.6 Å². The number of hydrogen-bond donors (Lipinski definition) is 1. The molecule has 0 spiro atoms. The molecule has 2 N–H and O–H groups in total. The van der Waals surface area contributed by atoms with Crippen LogP contribution in [0.15, 0.2) is 4.52 Å². The minimum Gasteiger partial charge on any atom is -0.370 e. The lowest BCUT2D eigenvalue weighted by molar-refractivity contribution is -0.0178. The van der Waals surface area contributed by atoms with E-state index in [4.69, 9.17) is 15.0 Å². The zero-order valence-electron chi connectivity index (χ0n) is 12.2. The molecule has 0 radical (unpaired) electrons. The number of methoxy groups -OCH3 is 1. The molecule has 0 aliphatic heterocycles. The van der Waals surface area contributed by atoms with Crippen LogP contribution in [0.2, 0.25) is 0 Å². The van der Waals surface area contributed by atoms with E-state index in [9.17, 15) is 0 Å². The van der Waals surface area contributed by atoms with Crippen molar-refractivity contribution in [2.24, 2.45) is 11.7 Å². The quantitative estimate of drug-likeness (QED) is 0.857. The number of hydrogen-bond acceptors (Lipinski definition) is 5. The van der Waals surface area contributed by atoms with E-state index < -0.39 is 0 Å². The van der Waals surface area contributed by atoms with Crippen molar-refractivity contribution in [1.82, 2.24) is 10.1 Å². The van der Waals surface area contributed by atoms with Gasteiger partial charge in [0.15, 0.2) is 0 Å². The molecular formula is C14H25N3O2. The number of nitrogens with two attached hydrogens (primary N) is 1. The number of ether oxygens (including phenoxy) is 1. The minimum absolute atomic E-state index is 0.150. The first-order valence-electron chi connectivity index (χ1n) is 7.20. The average Bonchev–Trinajstić information content (AvgIpc) is 3.04. The van der Waals surface area contributed by atoms with Gasteiger partial charge in [-0.15, -0.1) is 0 Å². The van der Waals surface area contributed by atoms with Gasteiger partial charge in [0.25, 0.3) is 0 Å². The zero-order valence-corrected chi connectivity index (χ0v) is 12.2. The SMILES string of the molecule is COC1(c2noc(C(CN)CC(C)C)n2)CCCC1. The van der Waals surface area contributed by atoms with Gasteiger partial charge in [0, 0.05) is 13.7 Å². The summed E-state index contributed by atoms with van der Waals surface area (Å²) in [6, 6.07) is 0. The molecule has 19 heavy (non-hydrogen) atoms. The van der Waals surface area contributed by atoms with Crippen LogP contribution in [0.3, 0.4) is 0 Å². The van der Waals surface area contributed by atoms with Crippen LogP contribution >= 0.6 is 0 Å². The Morgan fingerprint density at radius 1 is 1.37 bits per heavy atom. The molecule has 1 heterocycles. The molecule has 1 aromatic rings. The van der Waals surface area contributed by atoms with E-state index in [1.165, 1.54) is 0 Å². The van der Waals surface area contributed by atoms with Gasteiger partial charge < -0.3 is 15.0 Å². The third-order valence-electron chi connectivity index (χ3n) is 4.04. The molecule has 1 atom stereocenters. The summed E-state index contributed by atoms with van der Waals surface area (Å²) < 4.78 is 11.1. The van der Waals surface area contributed by atoms with Crippen molar-refractivity contribution in [3.05, 3.63) is 11.7 Å². The largest absolute Gasteiger partial charge is 0.370 e. The summed E-state index contributed by atoms with van der Waals surface area (Å²) in [5.41, 5.74) is 5.49. The van der Waals surface area contributed by atoms with Crippen molar-refractivity contribution in [3.63, 3.8) is 0 Å². The molecule has 0 amide bonds. The number of rotatable bonds is 6. The summed E-state index contributed by atoms with van der Waals surface area (Å²) in [7, 11) is 1.73. The highest BCUT2D eigenvalue weighted by Gasteiger charge is 2.40. The van der Waals surface area contributed by atoms with Gasteiger partial charge >= 0.3 is 0 Å². The fraction of sp³-hybridized carbons (Fsp3) is 0.857. The summed E-state index contributed by atoms with van der Waals surface area (Å²) in [4.78, 5) is 4.58. The van der Waals surface area contributed by atoms with Crippen molar-refractivity contribution < 1.29 is 9.26 Å². The Labute approximate surface area is 114 Å². The molecule has 0 saturated heterocycles. The minimum atomic E-state index is -0.335. The third-order valence-corrected chi connectivity index (χ3v) is 4.04. The maximum Gasteiger partial charge on any atom is 0.231 e. The Morgan fingerprint density at radius 2 is 2.05 bits per heavy atom. The second-order valence-corrected chi connectivity index (χ2v) is 5.92. The monoisotopic (exact) mass is 267 g/mol. The van der Waals surface area contributed by atoms with Crippen LogP contribution in [0.25, 0.3) is 0 Å². The normalized spacial score (nSPS) is 20.1. The van der Waals surface area contributed by atoms with E-state index in [-0.39, 0.29) is 11.5 Å². The summed E-state index contributed by atoms with van der Waals surface area (Å²) in [5, 5.41) is 4.15. The Bertz CT molecular complexity index is 397. The second-order valence-electron chi connectivity index (χ2n) is 5.92. The molecule has 108 valence electrons. The van der Waals surface area contributed by atoms with Crippen LogP contribution in [-0.2, 0) is 10.3 Å². The molecule has 1 aliphatic rings. The Morgan fingerprint density at radius 3 is 2.58 bits per heavy atom. The van der Waals surface area contributed by atoms with Crippen LogP contribution < -0.4 is 5.73 Å². The van der Waals surface area contributed by atoms with Gasteiger partial charge in [-0.25, -0.2) is 0 Å². The topological polar surface area (TPSA) is 74.2 Å². The second kappa shape index (κ2) is 6.01. The molecular weight excluding hydrogens is 242 g/mol. The van der Waals surface area contributed by atoms with Crippen molar-refractivity contribution in [2.75, 3.05) is 13.7 Å². The molecule has 1 aliphatic carbocycles. The molecule has 2 rings (SSSR count).